The minimum atomic E-state index is 0.181. The van der Waals surface area contributed by atoms with Gasteiger partial charge in [0.15, 0.2) is 0 Å². The molecule has 0 spiro atoms. The molecule has 0 saturated carbocycles. The van der Waals surface area contributed by atoms with Gasteiger partial charge in [-0.1, -0.05) is 41.2 Å². The van der Waals surface area contributed by atoms with E-state index in [0.29, 0.717) is 0 Å². The van der Waals surface area contributed by atoms with E-state index in [4.69, 9.17) is 0 Å². The number of alkyl halides is 1. The van der Waals surface area contributed by atoms with Crippen LogP contribution in [0.3, 0.4) is 0 Å². The Balaban J connectivity index is 3.80. The van der Waals surface area contributed by atoms with Crippen molar-refractivity contribution in [3.63, 3.8) is 0 Å². The van der Waals surface area contributed by atoms with Crippen molar-refractivity contribution in [1.82, 2.24) is 0 Å². The molecule has 0 nitrogen and oxygen atoms in total. The van der Waals surface area contributed by atoms with Crippen molar-refractivity contribution in [2.45, 2.75) is 4.83 Å². The zero-order chi connectivity index (χ0) is 6.57. The van der Waals surface area contributed by atoms with Gasteiger partial charge in [0, 0.05) is 0 Å². The van der Waals surface area contributed by atoms with Gasteiger partial charge < -0.3 is 0 Å². The lowest BCUT2D eigenvalue weighted by molar-refractivity contribution is 1.36. The lowest BCUT2D eigenvalue weighted by atomic mass is 10.2. The van der Waals surface area contributed by atoms with E-state index in [2.05, 4.69) is 35.7 Å². The third kappa shape index (κ3) is 2.12. The second-order valence-electron chi connectivity index (χ2n) is 1.42. The Hall–Kier alpha value is -0.300. The standard InChI is InChI=1S/C7H9Br/c1-4-6(3)7(8)5-2/h4-5,7H,1-3H2. The summed E-state index contributed by atoms with van der Waals surface area (Å²) in [6.07, 6.45) is 3.48. The first-order valence-corrected chi connectivity index (χ1v) is 3.21. The molecule has 0 aliphatic carbocycles. The van der Waals surface area contributed by atoms with Gasteiger partial charge in [-0.05, 0) is 5.57 Å². The Bertz CT molecular complexity index is 114. The monoisotopic (exact) mass is 172 g/mol. The zero-order valence-corrected chi connectivity index (χ0v) is 6.32. The first-order chi connectivity index (χ1) is 3.72. The number of halogens is 1. The molecule has 0 aromatic heterocycles. The summed E-state index contributed by atoms with van der Waals surface area (Å²) in [6, 6.07) is 0. The Labute approximate surface area is 58.7 Å². The van der Waals surface area contributed by atoms with Crippen LogP contribution in [-0.2, 0) is 0 Å². The minimum Gasteiger partial charge on any atom is -0.102 e. The van der Waals surface area contributed by atoms with Crippen molar-refractivity contribution in [2.75, 3.05) is 0 Å². The zero-order valence-electron chi connectivity index (χ0n) is 4.73. The Morgan fingerprint density at radius 3 is 2.12 bits per heavy atom. The van der Waals surface area contributed by atoms with Crippen LogP contribution in [0.4, 0.5) is 0 Å². The van der Waals surface area contributed by atoms with E-state index in [-0.39, 0.29) is 4.83 Å². The van der Waals surface area contributed by atoms with Crippen molar-refractivity contribution in [1.29, 1.82) is 0 Å². The van der Waals surface area contributed by atoms with Gasteiger partial charge in [0.25, 0.3) is 0 Å². The highest BCUT2D eigenvalue weighted by atomic mass is 79.9. The van der Waals surface area contributed by atoms with E-state index in [9.17, 15) is 0 Å². The predicted octanol–water partition coefficient (Wildman–Crippen LogP) is 2.68. The summed E-state index contributed by atoms with van der Waals surface area (Å²) < 4.78 is 0. The normalized spacial score (nSPS) is 12.1. The third-order valence-electron chi connectivity index (χ3n) is 0.823. The second-order valence-corrected chi connectivity index (χ2v) is 2.40. The van der Waals surface area contributed by atoms with Crippen LogP contribution in [0.2, 0.25) is 0 Å². The Morgan fingerprint density at radius 2 is 2.00 bits per heavy atom. The molecule has 0 aliphatic heterocycles. The summed E-state index contributed by atoms with van der Waals surface area (Å²) in [5, 5.41) is 0. The maximum atomic E-state index is 3.71. The molecule has 1 heteroatoms. The van der Waals surface area contributed by atoms with Crippen LogP contribution in [-0.4, -0.2) is 4.83 Å². The molecule has 0 heterocycles. The van der Waals surface area contributed by atoms with Gasteiger partial charge in [-0.3, -0.25) is 0 Å². The minimum absolute atomic E-state index is 0.181. The van der Waals surface area contributed by atoms with E-state index in [1.807, 2.05) is 0 Å². The fraction of sp³-hybridized carbons (Fsp3) is 0.143. The van der Waals surface area contributed by atoms with Crippen molar-refractivity contribution in [2.24, 2.45) is 0 Å². The van der Waals surface area contributed by atoms with Crippen molar-refractivity contribution >= 4 is 15.9 Å². The third-order valence-corrected chi connectivity index (χ3v) is 1.79. The van der Waals surface area contributed by atoms with E-state index in [1.54, 1.807) is 12.2 Å². The molecular formula is C7H9Br. The molecule has 0 N–H and O–H groups in total. The average molecular weight is 173 g/mol. The summed E-state index contributed by atoms with van der Waals surface area (Å²) in [6.45, 7) is 10.8. The lowest BCUT2D eigenvalue weighted by Gasteiger charge is -1.99. The van der Waals surface area contributed by atoms with Gasteiger partial charge in [-0.25, -0.2) is 0 Å². The van der Waals surface area contributed by atoms with E-state index < -0.39 is 0 Å². The summed E-state index contributed by atoms with van der Waals surface area (Å²) in [5.74, 6) is 0. The average Bonchev–Trinajstić information content (AvgIpc) is 1.84. The van der Waals surface area contributed by atoms with Gasteiger partial charge in [-0.2, -0.15) is 0 Å². The van der Waals surface area contributed by atoms with E-state index >= 15 is 0 Å². The molecule has 0 bridgehead atoms. The molecule has 0 saturated heterocycles. The van der Waals surface area contributed by atoms with Gasteiger partial charge in [0.2, 0.25) is 0 Å². The molecular weight excluding hydrogens is 164 g/mol. The molecule has 0 rings (SSSR count). The van der Waals surface area contributed by atoms with Crippen LogP contribution in [0.15, 0.2) is 37.5 Å². The largest absolute Gasteiger partial charge is 0.102 e. The van der Waals surface area contributed by atoms with Gasteiger partial charge in [-0.15, -0.1) is 6.58 Å². The van der Waals surface area contributed by atoms with Gasteiger partial charge >= 0.3 is 0 Å². The van der Waals surface area contributed by atoms with Crippen molar-refractivity contribution < 1.29 is 0 Å². The predicted molar refractivity (Wildman–Crippen MR) is 42.2 cm³/mol. The topological polar surface area (TPSA) is 0 Å². The molecule has 0 aromatic rings. The molecule has 1 unspecified atom stereocenters. The number of hydrogen-bond acceptors (Lipinski definition) is 0. The highest BCUT2D eigenvalue weighted by molar-refractivity contribution is 9.09. The van der Waals surface area contributed by atoms with Crippen LogP contribution < -0.4 is 0 Å². The Morgan fingerprint density at radius 1 is 1.50 bits per heavy atom. The maximum Gasteiger partial charge on any atom is 0.0566 e. The smallest absolute Gasteiger partial charge is 0.0566 e. The van der Waals surface area contributed by atoms with Crippen LogP contribution in [0.1, 0.15) is 0 Å². The summed E-state index contributed by atoms with van der Waals surface area (Å²) >= 11 is 3.31. The summed E-state index contributed by atoms with van der Waals surface area (Å²) in [4.78, 5) is 0.181. The SMILES string of the molecule is C=CC(=C)C(Br)C=C. The van der Waals surface area contributed by atoms with Crippen LogP contribution in [0, 0.1) is 0 Å². The first kappa shape index (κ1) is 7.70. The molecule has 44 valence electrons. The maximum absolute atomic E-state index is 3.71. The molecule has 0 radical (unpaired) electrons. The second kappa shape index (κ2) is 3.67. The first-order valence-electron chi connectivity index (χ1n) is 2.30. The number of hydrogen-bond donors (Lipinski definition) is 0. The van der Waals surface area contributed by atoms with E-state index in [1.165, 1.54) is 0 Å². The molecule has 0 fully saturated rings. The molecule has 0 aromatic carbocycles. The molecule has 8 heavy (non-hydrogen) atoms. The summed E-state index contributed by atoms with van der Waals surface area (Å²) in [7, 11) is 0. The summed E-state index contributed by atoms with van der Waals surface area (Å²) in [5.41, 5.74) is 0.944. The fourth-order valence-corrected chi connectivity index (χ4v) is 0.451. The van der Waals surface area contributed by atoms with Crippen molar-refractivity contribution in [3.05, 3.63) is 37.5 Å². The highest BCUT2D eigenvalue weighted by Crippen LogP contribution is 2.10. The van der Waals surface area contributed by atoms with Crippen molar-refractivity contribution in [3.8, 4) is 0 Å². The Kier molecular flexibility index (Phi) is 3.53. The fourth-order valence-electron chi connectivity index (χ4n) is 0.264. The van der Waals surface area contributed by atoms with Gasteiger partial charge in [0.1, 0.15) is 0 Å². The highest BCUT2D eigenvalue weighted by Gasteiger charge is 1.96. The van der Waals surface area contributed by atoms with Crippen LogP contribution >= 0.6 is 15.9 Å². The molecule has 0 aliphatic rings. The van der Waals surface area contributed by atoms with Gasteiger partial charge in [0.05, 0.1) is 4.83 Å². The van der Waals surface area contributed by atoms with Crippen LogP contribution in [0.25, 0.3) is 0 Å². The lowest BCUT2D eigenvalue weighted by Crippen LogP contribution is -1.91. The van der Waals surface area contributed by atoms with E-state index in [0.717, 1.165) is 5.57 Å². The number of allylic oxidation sites excluding steroid dienone is 3. The van der Waals surface area contributed by atoms with Crippen LogP contribution in [0.5, 0.6) is 0 Å². The quantitative estimate of drug-likeness (QED) is 0.349. The number of rotatable bonds is 3. The molecule has 0 amide bonds. The molecule has 1 atom stereocenters.